The van der Waals surface area contributed by atoms with E-state index < -0.39 is 0 Å². The number of hydrogen-bond donors (Lipinski definition) is 1. The Bertz CT molecular complexity index is 832. The van der Waals surface area contributed by atoms with E-state index in [1.54, 1.807) is 0 Å². The van der Waals surface area contributed by atoms with Gasteiger partial charge in [0.25, 0.3) is 5.91 Å². The van der Waals surface area contributed by atoms with Crippen molar-refractivity contribution in [1.29, 1.82) is 0 Å². The molecule has 1 saturated heterocycles. The number of nitrogens with one attached hydrogen (secondary N) is 1. The molecule has 0 radical (unpaired) electrons. The zero-order valence-corrected chi connectivity index (χ0v) is 16.6. The van der Waals surface area contributed by atoms with Crippen LogP contribution in [0.1, 0.15) is 45.5 Å². The Labute approximate surface area is 161 Å². The van der Waals surface area contributed by atoms with E-state index in [9.17, 15) is 9.59 Å². The molecule has 4 heteroatoms. The van der Waals surface area contributed by atoms with Crippen LogP contribution in [0.3, 0.4) is 0 Å². The van der Waals surface area contributed by atoms with Crippen molar-refractivity contribution >= 4 is 17.5 Å². The molecule has 2 aromatic carbocycles. The van der Waals surface area contributed by atoms with Crippen LogP contribution in [0.25, 0.3) is 0 Å². The lowest BCUT2D eigenvalue weighted by atomic mass is 9.95. The molecular formula is C23H28N2O2. The Hall–Kier alpha value is -2.62. The number of anilines is 1. The minimum Gasteiger partial charge on any atom is -0.338 e. The molecule has 1 aliphatic heterocycles. The average Bonchev–Trinajstić information content (AvgIpc) is 2.64. The number of aryl methyl sites for hydroxylation is 4. The molecule has 2 amide bonds. The Morgan fingerprint density at radius 3 is 2.22 bits per heavy atom. The van der Waals surface area contributed by atoms with Gasteiger partial charge in [0.15, 0.2) is 0 Å². The highest BCUT2D eigenvalue weighted by Gasteiger charge is 2.29. The van der Waals surface area contributed by atoms with Gasteiger partial charge in [0.2, 0.25) is 5.91 Å². The maximum atomic E-state index is 12.9. The summed E-state index contributed by atoms with van der Waals surface area (Å²) in [6.07, 6.45) is 1.66. The molecule has 4 nitrogen and oxygen atoms in total. The third kappa shape index (κ3) is 4.38. The number of nitrogens with zero attached hydrogens (tertiary/aromatic N) is 1. The molecule has 1 unspecified atom stereocenters. The van der Waals surface area contributed by atoms with E-state index in [1.807, 2.05) is 49.9 Å². The van der Waals surface area contributed by atoms with Crippen LogP contribution in [0.15, 0.2) is 36.4 Å². The first-order valence-corrected chi connectivity index (χ1v) is 9.60. The SMILES string of the molecule is Cc1ccc(C(=O)N2CCCC(C(=O)Nc3c(C)cc(C)cc3C)C2)cc1. The summed E-state index contributed by atoms with van der Waals surface area (Å²) in [4.78, 5) is 27.4. The van der Waals surface area contributed by atoms with Gasteiger partial charge < -0.3 is 10.2 Å². The lowest BCUT2D eigenvalue weighted by Gasteiger charge is -2.32. The Kier molecular flexibility index (Phi) is 5.64. The highest BCUT2D eigenvalue weighted by molar-refractivity contribution is 5.97. The lowest BCUT2D eigenvalue weighted by molar-refractivity contribution is -0.121. The first kappa shape index (κ1) is 19.2. The van der Waals surface area contributed by atoms with Gasteiger partial charge in [-0.3, -0.25) is 9.59 Å². The van der Waals surface area contributed by atoms with E-state index in [-0.39, 0.29) is 17.7 Å². The highest BCUT2D eigenvalue weighted by atomic mass is 16.2. The van der Waals surface area contributed by atoms with Crippen LogP contribution in [-0.4, -0.2) is 29.8 Å². The Balaban J connectivity index is 1.69. The molecule has 0 saturated carbocycles. The number of hydrogen-bond acceptors (Lipinski definition) is 2. The molecular weight excluding hydrogens is 336 g/mol. The van der Waals surface area contributed by atoms with Crippen molar-refractivity contribution in [3.8, 4) is 0 Å². The third-order valence-corrected chi connectivity index (χ3v) is 5.30. The number of benzene rings is 2. The largest absolute Gasteiger partial charge is 0.338 e. The molecule has 1 N–H and O–H groups in total. The van der Waals surface area contributed by atoms with Gasteiger partial charge in [0.1, 0.15) is 0 Å². The van der Waals surface area contributed by atoms with Gasteiger partial charge in [-0.25, -0.2) is 0 Å². The maximum Gasteiger partial charge on any atom is 0.253 e. The van der Waals surface area contributed by atoms with E-state index in [0.29, 0.717) is 18.7 Å². The second-order valence-electron chi connectivity index (χ2n) is 7.72. The molecule has 0 spiro atoms. The first-order chi connectivity index (χ1) is 12.8. The van der Waals surface area contributed by atoms with Gasteiger partial charge in [-0.2, -0.15) is 0 Å². The molecule has 1 fully saturated rings. The number of carbonyl (C=O) groups excluding carboxylic acids is 2. The monoisotopic (exact) mass is 364 g/mol. The lowest BCUT2D eigenvalue weighted by Crippen LogP contribution is -2.43. The molecule has 27 heavy (non-hydrogen) atoms. The highest BCUT2D eigenvalue weighted by Crippen LogP contribution is 2.25. The predicted octanol–water partition coefficient (Wildman–Crippen LogP) is 4.41. The summed E-state index contributed by atoms with van der Waals surface area (Å²) in [5, 5.41) is 3.11. The summed E-state index contributed by atoms with van der Waals surface area (Å²) < 4.78 is 0. The van der Waals surface area contributed by atoms with E-state index >= 15 is 0 Å². The van der Waals surface area contributed by atoms with E-state index in [0.717, 1.165) is 35.2 Å². The van der Waals surface area contributed by atoms with Gasteiger partial charge in [-0.05, 0) is 63.8 Å². The summed E-state index contributed by atoms with van der Waals surface area (Å²) in [7, 11) is 0. The fourth-order valence-electron chi connectivity index (χ4n) is 3.86. The smallest absolute Gasteiger partial charge is 0.253 e. The topological polar surface area (TPSA) is 49.4 Å². The summed E-state index contributed by atoms with van der Waals surface area (Å²) in [6.45, 7) is 9.28. The van der Waals surface area contributed by atoms with Gasteiger partial charge in [0.05, 0.1) is 5.92 Å². The summed E-state index contributed by atoms with van der Waals surface area (Å²) in [5.74, 6) is -0.157. The van der Waals surface area contributed by atoms with Crippen LogP contribution in [0.4, 0.5) is 5.69 Å². The summed E-state index contributed by atoms with van der Waals surface area (Å²) >= 11 is 0. The predicted molar refractivity (Wildman–Crippen MR) is 109 cm³/mol. The zero-order chi connectivity index (χ0) is 19.6. The number of rotatable bonds is 3. The molecule has 1 atom stereocenters. The van der Waals surface area contributed by atoms with E-state index in [4.69, 9.17) is 0 Å². The molecule has 1 heterocycles. The number of carbonyl (C=O) groups is 2. The zero-order valence-electron chi connectivity index (χ0n) is 16.6. The molecule has 0 aliphatic carbocycles. The van der Waals surface area contributed by atoms with Crippen LogP contribution >= 0.6 is 0 Å². The minimum atomic E-state index is -0.173. The van der Waals surface area contributed by atoms with E-state index in [1.165, 1.54) is 5.56 Å². The van der Waals surface area contributed by atoms with Crippen molar-refractivity contribution < 1.29 is 9.59 Å². The van der Waals surface area contributed by atoms with Gasteiger partial charge >= 0.3 is 0 Å². The minimum absolute atomic E-state index is 0.00598. The summed E-state index contributed by atoms with van der Waals surface area (Å²) in [5.41, 5.74) is 6.05. The maximum absolute atomic E-state index is 12.9. The summed E-state index contributed by atoms with van der Waals surface area (Å²) in [6, 6.07) is 11.8. The third-order valence-electron chi connectivity index (χ3n) is 5.30. The van der Waals surface area contributed by atoms with Crippen LogP contribution in [-0.2, 0) is 4.79 Å². The van der Waals surface area contributed by atoms with Gasteiger partial charge in [-0.1, -0.05) is 35.4 Å². The van der Waals surface area contributed by atoms with Crippen molar-refractivity contribution in [1.82, 2.24) is 4.90 Å². The molecule has 1 aliphatic rings. The van der Waals surface area contributed by atoms with Crippen LogP contribution in [0.2, 0.25) is 0 Å². The fraction of sp³-hybridized carbons (Fsp3) is 0.391. The Morgan fingerprint density at radius 1 is 0.963 bits per heavy atom. The van der Waals surface area contributed by atoms with E-state index in [2.05, 4.69) is 24.4 Å². The quantitative estimate of drug-likeness (QED) is 0.877. The van der Waals surface area contributed by atoms with Crippen LogP contribution in [0, 0.1) is 33.6 Å². The van der Waals surface area contributed by atoms with Gasteiger partial charge in [0, 0.05) is 24.3 Å². The van der Waals surface area contributed by atoms with Crippen LogP contribution in [0.5, 0.6) is 0 Å². The normalized spacial score (nSPS) is 16.9. The van der Waals surface area contributed by atoms with Crippen molar-refractivity contribution in [3.63, 3.8) is 0 Å². The van der Waals surface area contributed by atoms with Crippen molar-refractivity contribution in [2.75, 3.05) is 18.4 Å². The second-order valence-corrected chi connectivity index (χ2v) is 7.72. The van der Waals surface area contributed by atoms with Crippen LogP contribution < -0.4 is 5.32 Å². The van der Waals surface area contributed by atoms with Crippen molar-refractivity contribution in [2.45, 2.75) is 40.5 Å². The van der Waals surface area contributed by atoms with Crippen molar-refractivity contribution in [3.05, 3.63) is 64.2 Å². The molecule has 3 rings (SSSR count). The first-order valence-electron chi connectivity index (χ1n) is 9.60. The number of amides is 2. The molecule has 2 aromatic rings. The molecule has 142 valence electrons. The number of piperidine rings is 1. The second kappa shape index (κ2) is 7.95. The standard InChI is InChI=1S/C23H28N2O2/c1-15-7-9-19(10-8-15)23(27)25-11-5-6-20(14-25)22(26)24-21-17(3)12-16(2)13-18(21)4/h7-10,12-13,20H,5-6,11,14H2,1-4H3,(H,24,26). The molecule has 0 bridgehead atoms. The van der Waals surface area contributed by atoms with Gasteiger partial charge in [-0.15, -0.1) is 0 Å². The molecule has 0 aromatic heterocycles. The Morgan fingerprint density at radius 2 is 1.59 bits per heavy atom. The van der Waals surface area contributed by atoms with Crippen molar-refractivity contribution in [2.24, 2.45) is 5.92 Å². The fourth-order valence-corrected chi connectivity index (χ4v) is 3.86. The number of likely N-dealkylation sites (tertiary alicyclic amines) is 1. The average molecular weight is 364 g/mol.